The molecule has 0 spiro atoms. The summed E-state index contributed by atoms with van der Waals surface area (Å²) in [6.45, 7) is -0.635. The summed E-state index contributed by atoms with van der Waals surface area (Å²) < 4.78 is 36.5. The lowest BCUT2D eigenvalue weighted by molar-refractivity contribution is -0.133. The van der Waals surface area contributed by atoms with Gasteiger partial charge in [-0.25, -0.2) is 4.98 Å². The number of carbonyl (C=O) groups is 1. The Kier molecular flexibility index (Phi) is 7.34. The molecule has 1 N–H and O–H groups in total. The monoisotopic (exact) mass is 496 g/mol. The first kappa shape index (κ1) is 24.1. The number of halogens is 2. The summed E-state index contributed by atoms with van der Waals surface area (Å²) in [4.78, 5) is 24.4. The van der Waals surface area contributed by atoms with Gasteiger partial charge >= 0.3 is 6.61 Å². The maximum atomic E-state index is 13.2. The highest BCUT2D eigenvalue weighted by Crippen LogP contribution is 2.36. The van der Waals surface area contributed by atoms with Gasteiger partial charge in [-0.15, -0.1) is 0 Å². The molecule has 1 saturated carbocycles. The third-order valence-electron chi connectivity index (χ3n) is 6.69. The van der Waals surface area contributed by atoms with Crippen LogP contribution in [0.3, 0.4) is 0 Å². The molecule has 2 aromatic carbocycles. The number of H-pyrrole nitrogens is 1. The molecule has 2 aliphatic rings. The molecular formula is C27H30F2N4O3. The zero-order valence-electron chi connectivity index (χ0n) is 20.0. The second-order valence-corrected chi connectivity index (χ2v) is 9.39. The van der Waals surface area contributed by atoms with Crippen molar-refractivity contribution in [1.29, 1.82) is 0 Å². The van der Waals surface area contributed by atoms with Crippen LogP contribution in [0.1, 0.15) is 24.1 Å². The number of nitrogens with zero attached hydrogens (tertiary/aromatic N) is 3. The predicted octanol–water partition coefficient (Wildman–Crippen LogP) is 4.30. The zero-order valence-corrected chi connectivity index (χ0v) is 20.0. The molecule has 1 saturated heterocycles. The largest absolute Gasteiger partial charge is 0.489 e. The zero-order chi connectivity index (χ0) is 24.9. The average molecular weight is 497 g/mol. The Balaban J connectivity index is 1.35. The van der Waals surface area contributed by atoms with Gasteiger partial charge in [0.05, 0.1) is 25.4 Å². The van der Waals surface area contributed by atoms with Gasteiger partial charge in [-0.2, -0.15) is 8.78 Å². The first-order valence-electron chi connectivity index (χ1n) is 12.3. The number of alkyl halides is 2. The van der Waals surface area contributed by atoms with E-state index >= 15 is 0 Å². The Morgan fingerprint density at radius 2 is 1.94 bits per heavy atom. The van der Waals surface area contributed by atoms with E-state index in [-0.39, 0.29) is 24.1 Å². The van der Waals surface area contributed by atoms with Crippen LogP contribution in [-0.4, -0.2) is 59.7 Å². The number of amides is 1. The molecule has 1 atom stereocenters. The van der Waals surface area contributed by atoms with Crippen molar-refractivity contribution >= 4 is 11.6 Å². The Bertz CT molecular complexity index is 1140. The lowest BCUT2D eigenvalue weighted by Gasteiger charge is -2.43. The normalized spacial score (nSPS) is 17.9. The molecule has 1 amide bonds. The highest BCUT2D eigenvalue weighted by Gasteiger charge is 2.31. The Morgan fingerprint density at radius 1 is 1.11 bits per heavy atom. The van der Waals surface area contributed by atoms with E-state index < -0.39 is 6.61 Å². The third kappa shape index (κ3) is 6.13. The van der Waals surface area contributed by atoms with E-state index in [0.717, 1.165) is 29.8 Å². The number of aromatic amines is 1. The van der Waals surface area contributed by atoms with Crippen molar-refractivity contribution in [2.24, 2.45) is 5.92 Å². The Labute approximate surface area is 209 Å². The highest BCUT2D eigenvalue weighted by molar-refractivity contribution is 5.79. The molecule has 36 heavy (non-hydrogen) atoms. The van der Waals surface area contributed by atoms with Crippen LogP contribution in [0.5, 0.6) is 11.5 Å². The van der Waals surface area contributed by atoms with Gasteiger partial charge in [-0.3, -0.25) is 4.79 Å². The van der Waals surface area contributed by atoms with E-state index in [1.165, 1.54) is 0 Å². The van der Waals surface area contributed by atoms with Crippen LogP contribution in [0, 0.1) is 5.92 Å². The Hall–Kier alpha value is -3.62. The molecule has 0 radical (unpaired) electrons. The number of carbonyl (C=O) groups excluding carboxylic acids is 1. The number of ether oxygens (including phenoxy) is 2. The molecule has 1 aliphatic carbocycles. The van der Waals surface area contributed by atoms with Crippen LogP contribution in [0.25, 0.3) is 0 Å². The van der Waals surface area contributed by atoms with Crippen LogP contribution in [0.2, 0.25) is 0 Å². The van der Waals surface area contributed by atoms with E-state index in [1.807, 2.05) is 23.1 Å². The van der Waals surface area contributed by atoms with Gasteiger partial charge in [0.25, 0.3) is 0 Å². The molecule has 1 unspecified atom stereocenters. The fourth-order valence-electron chi connectivity index (χ4n) is 4.62. The van der Waals surface area contributed by atoms with Crippen molar-refractivity contribution in [3.63, 3.8) is 0 Å². The van der Waals surface area contributed by atoms with Gasteiger partial charge in [0.2, 0.25) is 5.91 Å². The number of hydrogen-bond acceptors (Lipinski definition) is 5. The fourth-order valence-corrected chi connectivity index (χ4v) is 4.62. The van der Waals surface area contributed by atoms with Crippen LogP contribution >= 0.6 is 0 Å². The topological polar surface area (TPSA) is 70.7 Å². The van der Waals surface area contributed by atoms with Gasteiger partial charge in [0, 0.05) is 43.3 Å². The second-order valence-electron chi connectivity index (χ2n) is 9.39. The first-order chi connectivity index (χ1) is 17.5. The average Bonchev–Trinajstić information content (AvgIpc) is 3.57. The summed E-state index contributed by atoms with van der Waals surface area (Å²) in [6.07, 6.45) is 6.42. The second kappa shape index (κ2) is 11.0. The van der Waals surface area contributed by atoms with Crippen LogP contribution in [0.4, 0.5) is 14.5 Å². The quantitative estimate of drug-likeness (QED) is 0.453. The van der Waals surface area contributed by atoms with Crippen molar-refractivity contribution < 1.29 is 23.0 Å². The number of piperazine rings is 1. The van der Waals surface area contributed by atoms with E-state index in [0.29, 0.717) is 44.3 Å². The summed E-state index contributed by atoms with van der Waals surface area (Å²) in [7, 11) is 0. The van der Waals surface area contributed by atoms with Gasteiger partial charge < -0.3 is 24.3 Å². The van der Waals surface area contributed by atoms with Crippen LogP contribution in [0.15, 0.2) is 61.1 Å². The third-order valence-corrected chi connectivity index (χ3v) is 6.69. The van der Waals surface area contributed by atoms with Crippen molar-refractivity contribution in [3.05, 3.63) is 72.3 Å². The molecular weight excluding hydrogens is 466 g/mol. The number of nitrogens with one attached hydrogen (secondary N) is 1. The minimum Gasteiger partial charge on any atom is -0.489 e. The first-order valence-corrected chi connectivity index (χ1v) is 12.3. The number of rotatable bonds is 10. The van der Waals surface area contributed by atoms with Gasteiger partial charge in [-0.1, -0.05) is 30.3 Å². The molecule has 3 aromatic rings. The minimum atomic E-state index is -2.92. The summed E-state index contributed by atoms with van der Waals surface area (Å²) in [5.74, 6) is 0.905. The number of benzene rings is 2. The van der Waals surface area contributed by atoms with Crippen LogP contribution < -0.4 is 14.4 Å². The molecule has 190 valence electrons. The van der Waals surface area contributed by atoms with E-state index in [4.69, 9.17) is 9.47 Å². The fraction of sp³-hybridized carbons (Fsp3) is 0.407. The van der Waals surface area contributed by atoms with E-state index in [9.17, 15) is 13.6 Å². The maximum Gasteiger partial charge on any atom is 0.387 e. The summed E-state index contributed by atoms with van der Waals surface area (Å²) in [5, 5.41) is 0. The van der Waals surface area contributed by atoms with Crippen molar-refractivity contribution in [2.45, 2.75) is 38.3 Å². The van der Waals surface area contributed by atoms with E-state index in [2.05, 4.69) is 27.0 Å². The molecule has 0 bridgehead atoms. The summed E-state index contributed by atoms with van der Waals surface area (Å²) in [6, 6.07) is 15.2. The summed E-state index contributed by atoms with van der Waals surface area (Å²) in [5.41, 5.74) is 2.80. The number of aromatic nitrogens is 2. The van der Waals surface area contributed by atoms with E-state index in [1.54, 1.807) is 30.7 Å². The number of anilines is 1. The van der Waals surface area contributed by atoms with Crippen LogP contribution in [-0.2, 0) is 17.6 Å². The molecule has 5 rings (SSSR count). The lowest BCUT2D eigenvalue weighted by atomic mass is 10.0. The SMILES string of the molecule is O=C(Cc1cnc[nH]1)N1CCN(c2ccc(OC(F)F)c(OCC3CC3)c2)CC1Cc1ccccc1. The van der Waals surface area contributed by atoms with Gasteiger partial charge in [0.15, 0.2) is 11.5 Å². The standard InChI is InChI=1S/C27H30F2N4O3/c28-27(29)36-24-9-8-22(14-25(24)35-17-20-6-7-20)32-10-11-33(26(34)13-21-15-30-18-31-21)23(16-32)12-19-4-2-1-3-5-19/h1-5,8-9,14-15,18,20,23,27H,6-7,10-13,16-17H2,(H,30,31). The Morgan fingerprint density at radius 3 is 2.67 bits per heavy atom. The minimum absolute atomic E-state index is 0.0450. The molecule has 2 heterocycles. The van der Waals surface area contributed by atoms with Gasteiger partial charge in [-0.05, 0) is 42.9 Å². The molecule has 1 aromatic heterocycles. The van der Waals surface area contributed by atoms with Crippen molar-refractivity contribution in [1.82, 2.24) is 14.9 Å². The van der Waals surface area contributed by atoms with Crippen molar-refractivity contribution in [3.8, 4) is 11.5 Å². The van der Waals surface area contributed by atoms with Gasteiger partial charge in [0.1, 0.15) is 0 Å². The number of hydrogen-bond donors (Lipinski definition) is 1. The van der Waals surface area contributed by atoms with Crippen molar-refractivity contribution in [2.75, 3.05) is 31.1 Å². The number of imidazole rings is 1. The molecule has 9 heteroatoms. The smallest absolute Gasteiger partial charge is 0.387 e. The molecule has 1 aliphatic heterocycles. The lowest BCUT2D eigenvalue weighted by Crippen LogP contribution is -2.56. The maximum absolute atomic E-state index is 13.2. The molecule has 7 nitrogen and oxygen atoms in total. The highest BCUT2D eigenvalue weighted by atomic mass is 19.3. The summed E-state index contributed by atoms with van der Waals surface area (Å²) >= 11 is 0. The molecule has 2 fully saturated rings. The predicted molar refractivity (Wildman–Crippen MR) is 131 cm³/mol.